The van der Waals surface area contributed by atoms with Crippen LogP contribution in [-0.2, 0) is 0 Å². The fraction of sp³-hybridized carbons (Fsp3) is 0.333. The molecule has 0 aliphatic heterocycles. The number of hydrogen-bond donors (Lipinski definition) is 3. The summed E-state index contributed by atoms with van der Waals surface area (Å²) in [4.78, 5) is 14.7. The molecule has 3 rings (SSSR count). The van der Waals surface area contributed by atoms with Crippen LogP contribution < -0.4 is 10.6 Å². The van der Waals surface area contributed by atoms with Crippen molar-refractivity contribution in [2.45, 2.75) is 20.0 Å². The largest absolute Gasteiger partial charge is 0.388 e. The minimum absolute atomic E-state index is 0.158. The van der Waals surface area contributed by atoms with Gasteiger partial charge in [-0.05, 0) is 51.7 Å². The van der Waals surface area contributed by atoms with E-state index >= 15 is 0 Å². The Morgan fingerprint density at radius 1 is 1.10 bits per heavy atom. The Bertz CT molecular complexity index is 1000. The maximum atomic E-state index is 12.7. The van der Waals surface area contributed by atoms with Crippen molar-refractivity contribution in [3.8, 4) is 5.69 Å². The molecule has 0 aliphatic rings. The van der Waals surface area contributed by atoms with Gasteiger partial charge < -0.3 is 20.6 Å². The fourth-order valence-electron chi connectivity index (χ4n) is 3.69. The minimum atomic E-state index is -0.675. The second-order valence-corrected chi connectivity index (χ2v) is 8.07. The summed E-state index contributed by atoms with van der Waals surface area (Å²) in [7, 11) is 3.91. The van der Waals surface area contributed by atoms with Gasteiger partial charge in [0.05, 0.1) is 23.2 Å². The third-order valence-electron chi connectivity index (χ3n) is 5.10. The zero-order valence-electron chi connectivity index (χ0n) is 18.5. The average Bonchev–Trinajstić information content (AvgIpc) is 3.09. The highest BCUT2D eigenvalue weighted by molar-refractivity contribution is 5.91. The van der Waals surface area contributed by atoms with Gasteiger partial charge in [-0.25, -0.2) is 9.48 Å². The van der Waals surface area contributed by atoms with Crippen LogP contribution in [0.5, 0.6) is 0 Å². The van der Waals surface area contributed by atoms with Gasteiger partial charge in [0.15, 0.2) is 0 Å². The van der Waals surface area contributed by atoms with Crippen molar-refractivity contribution in [1.29, 1.82) is 0 Å². The highest BCUT2D eigenvalue weighted by Gasteiger charge is 2.22. The Balaban J connectivity index is 1.69. The molecule has 7 nitrogen and oxygen atoms in total. The Labute approximate surface area is 183 Å². The molecule has 0 aliphatic carbocycles. The number of urea groups is 1. The van der Waals surface area contributed by atoms with Crippen molar-refractivity contribution in [3.05, 3.63) is 77.6 Å². The molecule has 3 aromatic rings. The van der Waals surface area contributed by atoms with Gasteiger partial charge in [-0.2, -0.15) is 5.10 Å². The number of amides is 2. The molecule has 2 amide bonds. The molecule has 0 saturated carbocycles. The molecule has 7 heteroatoms. The van der Waals surface area contributed by atoms with Gasteiger partial charge in [-0.15, -0.1) is 0 Å². The summed E-state index contributed by atoms with van der Waals surface area (Å²) in [6, 6.07) is 18.8. The molecule has 0 fully saturated rings. The predicted octanol–water partition coefficient (Wildman–Crippen LogP) is 3.52. The average molecular weight is 422 g/mol. The second-order valence-electron chi connectivity index (χ2n) is 8.07. The number of aryl methyl sites for hydroxylation is 2. The van der Waals surface area contributed by atoms with Crippen LogP contribution in [0.2, 0.25) is 0 Å². The monoisotopic (exact) mass is 421 g/mol. The molecule has 0 saturated heterocycles. The van der Waals surface area contributed by atoms with Crippen LogP contribution in [-0.4, -0.2) is 53.0 Å². The highest BCUT2D eigenvalue weighted by Crippen LogP contribution is 2.23. The van der Waals surface area contributed by atoms with Crippen LogP contribution >= 0.6 is 0 Å². The van der Waals surface area contributed by atoms with Crippen molar-refractivity contribution < 1.29 is 9.90 Å². The summed E-state index contributed by atoms with van der Waals surface area (Å²) in [5.74, 6) is -0.158. The maximum Gasteiger partial charge on any atom is 0.319 e. The van der Waals surface area contributed by atoms with Crippen molar-refractivity contribution >= 4 is 11.7 Å². The van der Waals surface area contributed by atoms with E-state index in [2.05, 4.69) is 15.7 Å². The Morgan fingerprint density at radius 2 is 1.77 bits per heavy atom. The van der Waals surface area contributed by atoms with Gasteiger partial charge in [-0.1, -0.05) is 42.5 Å². The van der Waals surface area contributed by atoms with E-state index in [1.807, 2.05) is 98.2 Å². The molecule has 1 aromatic heterocycles. The van der Waals surface area contributed by atoms with Crippen molar-refractivity contribution in [3.63, 3.8) is 0 Å². The molecule has 3 N–H and O–H groups in total. The highest BCUT2D eigenvalue weighted by atomic mass is 16.3. The van der Waals surface area contributed by atoms with Crippen LogP contribution in [0.3, 0.4) is 0 Å². The first kappa shape index (κ1) is 22.5. The van der Waals surface area contributed by atoms with Gasteiger partial charge in [0, 0.05) is 24.7 Å². The van der Waals surface area contributed by atoms with E-state index in [9.17, 15) is 9.90 Å². The zero-order valence-corrected chi connectivity index (χ0v) is 18.5. The number of carbonyl (C=O) groups is 1. The molecule has 1 heterocycles. The van der Waals surface area contributed by atoms with Crippen LogP contribution in [0.25, 0.3) is 5.69 Å². The number of hydrogen-bond acceptors (Lipinski definition) is 4. The number of nitrogens with zero attached hydrogens (tertiary/aromatic N) is 3. The van der Waals surface area contributed by atoms with Gasteiger partial charge >= 0.3 is 6.03 Å². The number of benzene rings is 2. The number of para-hydroxylation sites is 2. The Kier molecular flexibility index (Phi) is 7.44. The van der Waals surface area contributed by atoms with Crippen molar-refractivity contribution in [2.24, 2.45) is 5.92 Å². The third kappa shape index (κ3) is 5.93. The van der Waals surface area contributed by atoms with E-state index in [1.165, 1.54) is 0 Å². The van der Waals surface area contributed by atoms with Gasteiger partial charge in [0.25, 0.3) is 0 Å². The first-order chi connectivity index (χ1) is 14.8. The molecule has 2 atom stereocenters. The molecule has 0 unspecified atom stereocenters. The number of aliphatic hydroxyl groups excluding tert-OH is 1. The lowest BCUT2D eigenvalue weighted by molar-refractivity contribution is 0.0911. The molecule has 0 radical (unpaired) electrons. The summed E-state index contributed by atoms with van der Waals surface area (Å²) in [6.07, 6.45) is -0.675. The van der Waals surface area contributed by atoms with Gasteiger partial charge in [-0.3, -0.25) is 0 Å². The van der Waals surface area contributed by atoms with E-state index < -0.39 is 6.10 Å². The van der Waals surface area contributed by atoms with Crippen LogP contribution in [0, 0.1) is 19.8 Å². The Hall–Kier alpha value is -3.16. The van der Waals surface area contributed by atoms with Gasteiger partial charge in [0.1, 0.15) is 0 Å². The standard InChI is InChI=1S/C24H31N5O2/c1-17-14-18(2)29(27-17)22-13-9-8-12-21(22)26-24(31)25-15-20(16-28(3)4)23(30)19-10-6-5-7-11-19/h5-14,20,23,30H,15-16H2,1-4H3,(H2,25,26,31)/t20-,23+/m0/s1. The van der Waals surface area contributed by atoms with Crippen molar-refractivity contribution in [2.75, 3.05) is 32.5 Å². The number of aromatic nitrogens is 2. The Morgan fingerprint density at radius 3 is 2.42 bits per heavy atom. The lowest BCUT2D eigenvalue weighted by atomic mass is 9.95. The van der Waals surface area contributed by atoms with Crippen molar-refractivity contribution in [1.82, 2.24) is 20.0 Å². The molecule has 0 bridgehead atoms. The SMILES string of the molecule is Cc1cc(C)n(-c2ccccc2NC(=O)NC[C@@H](CN(C)C)[C@H](O)c2ccccc2)n1. The molecular formula is C24H31N5O2. The molecule has 164 valence electrons. The molecular weight excluding hydrogens is 390 g/mol. The fourth-order valence-corrected chi connectivity index (χ4v) is 3.69. The number of anilines is 1. The predicted molar refractivity (Wildman–Crippen MR) is 124 cm³/mol. The topological polar surface area (TPSA) is 82.4 Å². The van der Waals surface area contributed by atoms with E-state index in [4.69, 9.17) is 0 Å². The lowest BCUT2D eigenvalue weighted by Crippen LogP contribution is -2.39. The van der Waals surface area contributed by atoms with Crippen LogP contribution in [0.15, 0.2) is 60.7 Å². The second kappa shape index (κ2) is 10.2. The van der Waals surface area contributed by atoms with Gasteiger partial charge in [0.2, 0.25) is 0 Å². The quantitative estimate of drug-likeness (QED) is 0.520. The van der Waals surface area contributed by atoms with E-state index in [0.717, 1.165) is 22.6 Å². The summed E-state index contributed by atoms with van der Waals surface area (Å²) >= 11 is 0. The van der Waals surface area contributed by atoms with Crippen LogP contribution in [0.4, 0.5) is 10.5 Å². The number of rotatable bonds is 8. The molecule has 31 heavy (non-hydrogen) atoms. The molecule has 0 spiro atoms. The maximum absolute atomic E-state index is 12.7. The smallest absolute Gasteiger partial charge is 0.319 e. The third-order valence-corrected chi connectivity index (χ3v) is 5.10. The summed E-state index contributed by atoms with van der Waals surface area (Å²) < 4.78 is 1.82. The van der Waals surface area contributed by atoms with E-state index in [1.54, 1.807) is 0 Å². The molecule has 2 aromatic carbocycles. The minimum Gasteiger partial charge on any atom is -0.388 e. The number of carbonyl (C=O) groups excluding carboxylic acids is 1. The summed E-state index contributed by atoms with van der Waals surface area (Å²) in [5.41, 5.74) is 4.21. The summed E-state index contributed by atoms with van der Waals surface area (Å²) in [5, 5.41) is 21.2. The van der Waals surface area contributed by atoms with E-state index in [0.29, 0.717) is 18.8 Å². The number of nitrogens with one attached hydrogen (secondary N) is 2. The first-order valence-electron chi connectivity index (χ1n) is 10.4. The first-order valence-corrected chi connectivity index (χ1v) is 10.4. The number of aliphatic hydroxyl groups is 1. The lowest BCUT2D eigenvalue weighted by Gasteiger charge is -2.26. The van der Waals surface area contributed by atoms with Crippen LogP contribution in [0.1, 0.15) is 23.1 Å². The normalized spacial score (nSPS) is 13.1. The zero-order chi connectivity index (χ0) is 22.4. The van der Waals surface area contributed by atoms with E-state index in [-0.39, 0.29) is 11.9 Å². The summed E-state index contributed by atoms with van der Waals surface area (Å²) in [6.45, 7) is 4.89.